The van der Waals surface area contributed by atoms with Crippen LogP contribution >= 0.6 is 0 Å². The Hall–Kier alpha value is -2.72. The van der Waals surface area contributed by atoms with Crippen LogP contribution in [0.3, 0.4) is 0 Å². The number of pyridine rings is 1. The van der Waals surface area contributed by atoms with Gasteiger partial charge in [-0.05, 0) is 32.1 Å². The Bertz CT molecular complexity index is 888. The van der Waals surface area contributed by atoms with E-state index < -0.39 is 30.0 Å². The lowest BCUT2D eigenvalue weighted by molar-refractivity contribution is -0.155. The average Bonchev–Trinajstić information content (AvgIpc) is 3.64. The van der Waals surface area contributed by atoms with Crippen LogP contribution in [0.5, 0.6) is 11.5 Å². The molecule has 0 bridgehead atoms. The van der Waals surface area contributed by atoms with Gasteiger partial charge in [0.05, 0.1) is 26.4 Å². The SMILES string of the molecule is CCCC[C@H]1[C@H](C)OC(=O)[C@@H](NC(=O)c2nccc(OC)c2OC(C)=O)COC[C@@H]1OCC1CC1. The van der Waals surface area contributed by atoms with E-state index >= 15 is 0 Å². The maximum atomic E-state index is 13.0. The number of carbonyl (C=O) groups excluding carboxylic acids is 3. The molecule has 10 heteroatoms. The lowest BCUT2D eigenvalue weighted by Gasteiger charge is -2.30. The number of aromatic nitrogens is 1. The second-order valence-electron chi connectivity index (χ2n) is 9.11. The van der Waals surface area contributed by atoms with E-state index in [0.717, 1.165) is 19.3 Å². The van der Waals surface area contributed by atoms with E-state index in [-0.39, 0.29) is 35.8 Å². The Morgan fingerprint density at radius 2 is 2.03 bits per heavy atom. The fourth-order valence-electron chi connectivity index (χ4n) is 4.05. The molecule has 1 saturated heterocycles. The number of amides is 1. The number of hydrogen-bond donors (Lipinski definition) is 1. The van der Waals surface area contributed by atoms with Gasteiger partial charge in [-0.1, -0.05) is 19.8 Å². The van der Waals surface area contributed by atoms with Gasteiger partial charge < -0.3 is 29.0 Å². The van der Waals surface area contributed by atoms with Crippen molar-refractivity contribution >= 4 is 17.8 Å². The molecule has 1 aliphatic heterocycles. The number of unbranched alkanes of at least 4 members (excludes halogenated alkanes) is 1. The molecule has 4 atom stereocenters. The van der Waals surface area contributed by atoms with Gasteiger partial charge in [-0.3, -0.25) is 9.59 Å². The van der Waals surface area contributed by atoms with Gasteiger partial charge in [0.25, 0.3) is 5.91 Å². The maximum Gasteiger partial charge on any atom is 0.331 e. The van der Waals surface area contributed by atoms with E-state index in [0.29, 0.717) is 19.1 Å². The first-order valence-electron chi connectivity index (χ1n) is 12.3. The molecule has 1 amide bonds. The van der Waals surface area contributed by atoms with Crippen molar-refractivity contribution in [3.63, 3.8) is 0 Å². The van der Waals surface area contributed by atoms with Crippen LogP contribution in [0.2, 0.25) is 0 Å². The Morgan fingerprint density at radius 3 is 2.69 bits per heavy atom. The molecule has 1 N–H and O–H groups in total. The number of nitrogens with zero attached hydrogens (tertiary/aromatic N) is 1. The zero-order chi connectivity index (χ0) is 25.4. The van der Waals surface area contributed by atoms with Crippen molar-refractivity contribution in [2.45, 2.75) is 71.1 Å². The minimum absolute atomic E-state index is 0.0114. The number of rotatable bonds is 10. The molecule has 35 heavy (non-hydrogen) atoms. The smallest absolute Gasteiger partial charge is 0.331 e. The molecular formula is C25H36N2O8. The van der Waals surface area contributed by atoms with E-state index in [1.165, 1.54) is 39.1 Å². The molecule has 0 aromatic carbocycles. The first kappa shape index (κ1) is 26.9. The summed E-state index contributed by atoms with van der Waals surface area (Å²) in [5.41, 5.74) is -0.188. The molecule has 2 fully saturated rings. The molecule has 10 nitrogen and oxygen atoms in total. The number of methoxy groups -OCH3 is 1. The molecule has 2 aliphatic rings. The van der Waals surface area contributed by atoms with Gasteiger partial charge in [0.15, 0.2) is 17.5 Å². The van der Waals surface area contributed by atoms with Crippen molar-refractivity contribution in [2.24, 2.45) is 11.8 Å². The summed E-state index contributed by atoms with van der Waals surface area (Å²) in [6, 6.07) is 0.392. The molecule has 0 unspecified atom stereocenters. The topological polar surface area (TPSA) is 122 Å². The van der Waals surface area contributed by atoms with Crippen molar-refractivity contribution in [1.29, 1.82) is 0 Å². The van der Waals surface area contributed by atoms with Crippen molar-refractivity contribution in [2.75, 3.05) is 26.9 Å². The number of hydrogen-bond acceptors (Lipinski definition) is 9. The van der Waals surface area contributed by atoms with Crippen LogP contribution in [0.1, 0.15) is 63.4 Å². The molecule has 194 valence electrons. The summed E-state index contributed by atoms with van der Waals surface area (Å²) < 4.78 is 28.2. The molecule has 0 radical (unpaired) electrons. The second kappa shape index (κ2) is 12.8. The quantitative estimate of drug-likeness (QED) is 0.491. The van der Waals surface area contributed by atoms with Gasteiger partial charge in [-0.15, -0.1) is 0 Å². The monoisotopic (exact) mass is 492 g/mol. The van der Waals surface area contributed by atoms with E-state index in [2.05, 4.69) is 17.2 Å². The first-order chi connectivity index (χ1) is 16.8. The van der Waals surface area contributed by atoms with Gasteiger partial charge in [0, 0.05) is 31.7 Å². The van der Waals surface area contributed by atoms with Crippen molar-refractivity contribution in [3.05, 3.63) is 18.0 Å². The number of carbonyl (C=O) groups is 3. The lowest BCUT2D eigenvalue weighted by atomic mass is 9.91. The van der Waals surface area contributed by atoms with Gasteiger partial charge in [0.2, 0.25) is 5.75 Å². The van der Waals surface area contributed by atoms with Crippen LogP contribution < -0.4 is 14.8 Å². The number of cyclic esters (lactones) is 1. The van der Waals surface area contributed by atoms with E-state index in [4.69, 9.17) is 23.7 Å². The van der Waals surface area contributed by atoms with E-state index in [9.17, 15) is 14.4 Å². The maximum absolute atomic E-state index is 13.0. The molecule has 0 spiro atoms. The summed E-state index contributed by atoms with van der Waals surface area (Å²) in [7, 11) is 1.38. The number of nitrogens with one attached hydrogen (secondary N) is 1. The van der Waals surface area contributed by atoms with Crippen molar-refractivity contribution < 1.29 is 38.1 Å². The highest BCUT2D eigenvalue weighted by atomic mass is 16.6. The average molecular weight is 493 g/mol. The normalized spacial score (nSPS) is 25.0. The number of esters is 2. The van der Waals surface area contributed by atoms with Crippen LogP contribution in [0.25, 0.3) is 0 Å². The summed E-state index contributed by atoms with van der Waals surface area (Å²) in [6.07, 6.45) is 5.95. The highest BCUT2D eigenvalue weighted by molar-refractivity contribution is 5.98. The van der Waals surface area contributed by atoms with Crippen LogP contribution in [0.4, 0.5) is 0 Å². The van der Waals surface area contributed by atoms with Crippen molar-refractivity contribution in [3.8, 4) is 11.5 Å². The molecule has 1 saturated carbocycles. The standard InChI is InChI=1S/C25H36N2O8/c1-5-6-7-18-15(2)34-25(30)19(13-32-14-21(18)33-12-17-8-9-17)27-24(29)22-23(35-16(3)28)20(31-4)10-11-26-22/h10-11,15,17-19,21H,5-9,12-14H2,1-4H3,(H,27,29)/t15-,18-,19-,21-/m0/s1. The first-order valence-corrected chi connectivity index (χ1v) is 12.3. The van der Waals surface area contributed by atoms with Crippen LogP contribution in [-0.2, 0) is 23.8 Å². The second-order valence-corrected chi connectivity index (χ2v) is 9.11. The Kier molecular flexibility index (Phi) is 9.85. The van der Waals surface area contributed by atoms with Crippen LogP contribution in [0, 0.1) is 11.8 Å². The van der Waals surface area contributed by atoms with Crippen LogP contribution in [0.15, 0.2) is 12.3 Å². The zero-order valence-corrected chi connectivity index (χ0v) is 20.9. The number of ether oxygens (including phenoxy) is 5. The third-order valence-corrected chi connectivity index (χ3v) is 6.22. The Balaban J connectivity index is 1.74. The third kappa shape index (κ3) is 7.63. The van der Waals surface area contributed by atoms with Crippen molar-refractivity contribution in [1.82, 2.24) is 10.3 Å². The predicted octanol–water partition coefficient (Wildman–Crippen LogP) is 2.68. The summed E-state index contributed by atoms with van der Waals surface area (Å²) in [5, 5.41) is 2.61. The largest absolute Gasteiger partial charge is 0.493 e. The summed E-state index contributed by atoms with van der Waals surface area (Å²) in [4.78, 5) is 41.6. The van der Waals surface area contributed by atoms with Gasteiger partial charge in [0.1, 0.15) is 6.10 Å². The summed E-state index contributed by atoms with van der Waals surface area (Å²) in [6.45, 7) is 6.06. The fraction of sp³-hybridized carbons (Fsp3) is 0.680. The van der Waals surface area contributed by atoms with E-state index in [1.54, 1.807) is 0 Å². The van der Waals surface area contributed by atoms with Gasteiger partial charge in [-0.2, -0.15) is 0 Å². The minimum atomic E-state index is -1.07. The highest BCUT2D eigenvalue weighted by Crippen LogP contribution is 2.32. The van der Waals surface area contributed by atoms with E-state index in [1.807, 2.05) is 6.92 Å². The molecule has 2 heterocycles. The Morgan fingerprint density at radius 1 is 1.26 bits per heavy atom. The predicted molar refractivity (Wildman–Crippen MR) is 125 cm³/mol. The summed E-state index contributed by atoms with van der Waals surface area (Å²) in [5.74, 6) is -1.34. The third-order valence-electron chi connectivity index (χ3n) is 6.22. The molecule has 3 rings (SSSR count). The molecule has 1 aromatic heterocycles. The molecule has 1 aromatic rings. The van der Waals surface area contributed by atoms with Gasteiger partial charge >= 0.3 is 11.9 Å². The molecular weight excluding hydrogens is 456 g/mol. The highest BCUT2D eigenvalue weighted by Gasteiger charge is 2.36. The Labute approximate surface area is 206 Å². The van der Waals surface area contributed by atoms with Crippen LogP contribution in [-0.4, -0.2) is 68.0 Å². The molecule has 1 aliphatic carbocycles. The lowest BCUT2D eigenvalue weighted by Crippen LogP contribution is -2.46. The zero-order valence-electron chi connectivity index (χ0n) is 20.9. The fourth-order valence-corrected chi connectivity index (χ4v) is 4.05. The van der Waals surface area contributed by atoms with Gasteiger partial charge in [-0.25, -0.2) is 9.78 Å². The minimum Gasteiger partial charge on any atom is -0.493 e. The summed E-state index contributed by atoms with van der Waals surface area (Å²) >= 11 is 0.